The van der Waals surface area contributed by atoms with Gasteiger partial charge in [0.2, 0.25) is 5.89 Å². The lowest BCUT2D eigenvalue weighted by molar-refractivity contribution is 0.357. The lowest BCUT2D eigenvalue weighted by atomic mass is 10.1. The molecule has 0 radical (unpaired) electrons. The van der Waals surface area contributed by atoms with Gasteiger partial charge in [-0.2, -0.15) is 4.98 Å². The third-order valence-electron chi connectivity index (χ3n) is 2.73. The van der Waals surface area contributed by atoms with E-state index in [1.807, 2.05) is 13.8 Å². The zero-order valence-electron chi connectivity index (χ0n) is 11.8. The molecule has 19 heavy (non-hydrogen) atoms. The van der Waals surface area contributed by atoms with E-state index in [1.165, 1.54) is 0 Å². The third kappa shape index (κ3) is 3.10. The fraction of sp³-hybridized carbons (Fsp3) is 0.667. The molecule has 0 saturated carbocycles. The molecule has 0 aromatic carbocycles. The molecule has 0 aliphatic carbocycles. The van der Waals surface area contributed by atoms with Gasteiger partial charge in [0.25, 0.3) is 0 Å². The molecule has 0 atom stereocenters. The highest BCUT2D eigenvalue weighted by atomic mass is 16.5. The SMILES string of the molecule is CC(C)Cc1nc(Cn2nnc(N)c2C(C)C)no1. The molecule has 2 aromatic rings. The quantitative estimate of drug-likeness (QED) is 0.881. The molecule has 104 valence electrons. The molecule has 0 saturated heterocycles. The fourth-order valence-electron chi connectivity index (χ4n) is 1.96. The highest BCUT2D eigenvalue weighted by molar-refractivity contribution is 5.35. The standard InChI is InChI=1S/C12H20N6O/c1-7(2)5-10-14-9(16-19-10)6-18-11(8(3)4)12(13)15-17-18/h7-8H,5-6,13H2,1-4H3. The maximum absolute atomic E-state index is 5.81. The van der Waals surface area contributed by atoms with Gasteiger partial charge in [0, 0.05) is 6.42 Å². The van der Waals surface area contributed by atoms with Gasteiger partial charge in [-0.15, -0.1) is 5.10 Å². The summed E-state index contributed by atoms with van der Waals surface area (Å²) in [6.45, 7) is 8.75. The third-order valence-corrected chi connectivity index (χ3v) is 2.73. The molecule has 0 unspecified atom stereocenters. The van der Waals surface area contributed by atoms with Gasteiger partial charge < -0.3 is 10.3 Å². The van der Waals surface area contributed by atoms with Crippen molar-refractivity contribution in [2.45, 2.75) is 46.6 Å². The monoisotopic (exact) mass is 264 g/mol. The Hall–Kier alpha value is -1.92. The normalized spacial score (nSPS) is 11.7. The second kappa shape index (κ2) is 5.38. The minimum atomic E-state index is 0.247. The fourth-order valence-corrected chi connectivity index (χ4v) is 1.96. The summed E-state index contributed by atoms with van der Waals surface area (Å²) in [5.74, 6) is 2.45. The lowest BCUT2D eigenvalue weighted by Gasteiger charge is -2.07. The summed E-state index contributed by atoms with van der Waals surface area (Å²) in [5, 5.41) is 11.9. The summed E-state index contributed by atoms with van der Waals surface area (Å²) >= 11 is 0. The molecule has 2 rings (SSSR count). The van der Waals surface area contributed by atoms with Crippen LogP contribution in [0.3, 0.4) is 0 Å². The zero-order chi connectivity index (χ0) is 14.0. The van der Waals surface area contributed by atoms with Crippen molar-refractivity contribution in [3.8, 4) is 0 Å². The summed E-state index contributed by atoms with van der Waals surface area (Å²) in [6, 6.07) is 0. The number of nitrogens with zero attached hydrogens (tertiary/aromatic N) is 5. The van der Waals surface area contributed by atoms with Crippen LogP contribution in [0.2, 0.25) is 0 Å². The van der Waals surface area contributed by atoms with Crippen LogP contribution in [0.15, 0.2) is 4.52 Å². The van der Waals surface area contributed by atoms with Crippen molar-refractivity contribution in [3.63, 3.8) is 0 Å². The Morgan fingerprint density at radius 2 is 2.00 bits per heavy atom. The number of hydrogen-bond acceptors (Lipinski definition) is 6. The minimum Gasteiger partial charge on any atom is -0.381 e. The average Bonchev–Trinajstić information content (AvgIpc) is 2.86. The summed E-state index contributed by atoms with van der Waals surface area (Å²) in [4.78, 5) is 4.35. The maximum Gasteiger partial charge on any atom is 0.226 e. The number of nitrogens with two attached hydrogens (primary N) is 1. The van der Waals surface area contributed by atoms with E-state index >= 15 is 0 Å². The number of rotatable bonds is 5. The summed E-state index contributed by atoms with van der Waals surface area (Å²) in [6.07, 6.45) is 0.781. The van der Waals surface area contributed by atoms with Crippen LogP contribution < -0.4 is 5.73 Å². The van der Waals surface area contributed by atoms with E-state index in [0.717, 1.165) is 12.1 Å². The topological polar surface area (TPSA) is 95.7 Å². The van der Waals surface area contributed by atoms with Crippen LogP contribution in [0.4, 0.5) is 5.82 Å². The molecule has 0 aliphatic rings. The van der Waals surface area contributed by atoms with Crippen molar-refractivity contribution in [1.29, 1.82) is 0 Å². The predicted octanol–water partition coefficient (Wildman–Crippen LogP) is 1.61. The molecular weight excluding hydrogens is 244 g/mol. The van der Waals surface area contributed by atoms with Crippen LogP contribution in [0.1, 0.15) is 51.0 Å². The Kier molecular flexibility index (Phi) is 3.82. The molecular formula is C12H20N6O. The van der Waals surface area contributed by atoms with E-state index in [2.05, 4.69) is 34.3 Å². The van der Waals surface area contributed by atoms with Crippen molar-refractivity contribution in [1.82, 2.24) is 25.1 Å². The maximum atomic E-state index is 5.81. The van der Waals surface area contributed by atoms with Gasteiger partial charge in [-0.3, -0.25) is 0 Å². The molecule has 7 heteroatoms. The van der Waals surface area contributed by atoms with E-state index in [0.29, 0.717) is 30.0 Å². The molecule has 2 aromatic heterocycles. The Balaban J connectivity index is 2.15. The lowest BCUT2D eigenvalue weighted by Crippen LogP contribution is -2.10. The number of anilines is 1. The van der Waals surface area contributed by atoms with Gasteiger partial charge in [0.1, 0.15) is 6.54 Å². The largest absolute Gasteiger partial charge is 0.381 e. The smallest absolute Gasteiger partial charge is 0.226 e. The predicted molar refractivity (Wildman–Crippen MR) is 70.5 cm³/mol. The Morgan fingerprint density at radius 3 is 2.63 bits per heavy atom. The molecule has 0 amide bonds. The van der Waals surface area contributed by atoms with Crippen LogP contribution in [0, 0.1) is 5.92 Å². The van der Waals surface area contributed by atoms with E-state index in [9.17, 15) is 0 Å². The van der Waals surface area contributed by atoms with Crippen molar-refractivity contribution in [2.24, 2.45) is 5.92 Å². The van der Waals surface area contributed by atoms with Gasteiger partial charge in [0.05, 0.1) is 5.69 Å². The molecule has 0 spiro atoms. The second-order valence-electron chi connectivity index (χ2n) is 5.37. The highest BCUT2D eigenvalue weighted by Gasteiger charge is 2.16. The van der Waals surface area contributed by atoms with Crippen molar-refractivity contribution in [2.75, 3.05) is 5.73 Å². The number of aromatic nitrogens is 5. The first-order chi connectivity index (χ1) is 8.97. The molecule has 2 heterocycles. The molecule has 0 fully saturated rings. The van der Waals surface area contributed by atoms with Crippen LogP contribution in [-0.2, 0) is 13.0 Å². The first-order valence-corrected chi connectivity index (χ1v) is 6.47. The molecule has 7 nitrogen and oxygen atoms in total. The molecule has 2 N–H and O–H groups in total. The van der Waals surface area contributed by atoms with E-state index < -0.39 is 0 Å². The molecule has 0 aliphatic heterocycles. The number of hydrogen-bond donors (Lipinski definition) is 1. The van der Waals surface area contributed by atoms with Gasteiger partial charge in [-0.05, 0) is 11.8 Å². The van der Waals surface area contributed by atoms with Crippen LogP contribution in [-0.4, -0.2) is 25.1 Å². The zero-order valence-corrected chi connectivity index (χ0v) is 11.8. The van der Waals surface area contributed by atoms with Gasteiger partial charge in [0.15, 0.2) is 11.6 Å². The highest BCUT2D eigenvalue weighted by Crippen LogP contribution is 2.19. The second-order valence-corrected chi connectivity index (χ2v) is 5.37. The number of nitrogen functional groups attached to an aromatic ring is 1. The first-order valence-electron chi connectivity index (χ1n) is 6.47. The summed E-state index contributed by atoms with van der Waals surface area (Å²) < 4.78 is 6.93. The summed E-state index contributed by atoms with van der Waals surface area (Å²) in [5.41, 5.74) is 6.71. The van der Waals surface area contributed by atoms with Gasteiger partial charge >= 0.3 is 0 Å². The first kappa shape index (κ1) is 13.5. The Morgan fingerprint density at radius 1 is 1.26 bits per heavy atom. The van der Waals surface area contributed by atoms with E-state index in [1.54, 1.807) is 4.68 Å². The minimum absolute atomic E-state index is 0.247. The van der Waals surface area contributed by atoms with E-state index in [-0.39, 0.29) is 5.92 Å². The van der Waals surface area contributed by atoms with Gasteiger partial charge in [-0.1, -0.05) is 38.1 Å². The van der Waals surface area contributed by atoms with Crippen LogP contribution in [0.25, 0.3) is 0 Å². The van der Waals surface area contributed by atoms with Crippen molar-refractivity contribution < 1.29 is 4.52 Å². The van der Waals surface area contributed by atoms with Crippen molar-refractivity contribution >= 4 is 5.82 Å². The Labute approximate surface area is 112 Å². The van der Waals surface area contributed by atoms with E-state index in [4.69, 9.17) is 10.3 Å². The van der Waals surface area contributed by atoms with Crippen LogP contribution >= 0.6 is 0 Å². The van der Waals surface area contributed by atoms with Gasteiger partial charge in [-0.25, -0.2) is 4.68 Å². The summed E-state index contributed by atoms with van der Waals surface area (Å²) in [7, 11) is 0. The average molecular weight is 264 g/mol. The van der Waals surface area contributed by atoms with Crippen LogP contribution in [0.5, 0.6) is 0 Å². The Bertz CT molecular complexity index is 542. The molecule has 0 bridgehead atoms. The van der Waals surface area contributed by atoms with Crippen molar-refractivity contribution in [3.05, 3.63) is 17.4 Å².